The molecule has 0 aliphatic rings. The summed E-state index contributed by atoms with van der Waals surface area (Å²) in [7, 11) is 1.62. The number of rotatable bonds is 8. The molecule has 7 heteroatoms. The van der Waals surface area contributed by atoms with E-state index in [9.17, 15) is 8.42 Å². The molecular formula is C19H25ClN2O3S. The zero-order valence-electron chi connectivity index (χ0n) is 15.5. The van der Waals surface area contributed by atoms with Gasteiger partial charge in [0.05, 0.1) is 4.90 Å². The maximum atomic E-state index is 12.1. The Hall–Kier alpha value is -1.60. The van der Waals surface area contributed by atoms with Crippen LogP contribution in [0.1, 0.15) is 18.5 Å². The molecule has 142 valence electrons. The van der Waals surface area contributed by atoms with E-state index in [4.69, 9.17) is 16.3 Å². The summed E-state index contributed by atoms with van der Waals surface area (Å²) < 4.78 is 31.0. The Kier molecular flexibility index (Phi) is 7.06. The molecule has 0 aliphatic carbocycles. The maximum absolute atomic E-state index is 12.1. The molecule has 1 unspecified atom stereocenters. The van der Waals surface area contributed by atoms with Crippen LogP contribution < -0.4 is 4.74 Å². The standard InChI is InChI=1S/C19H25ClN2O3S/c1-15(18-7-5-6-8-19(18)20)22(4)13-14-25-16-9-11-17(12-10-16)26(23,24)21(2)3/h5-12,15H,13-14H2,1-4H3. The van der Waals surface area contributed by atoms with Gasteiger partial charge in [0.1, 0.15) is 12.4 Å². The van der Waals surface area contributed by atoms with E-state index in [0.717, 1.165) is 10.6 Å². The predicted octanol–water partition coefficient (Wildman–Crippen LogP) is 3.66. The molecule has 5 nitrogen and oxygen atoms in total. The number of benzene rings is 2. The molecular weight excluding hydrogens is 372 g/mol. The van der Waals surface area contributed by atoms with Crippen LogP contribution in [0.5, 0.6) is 5.75 Å². The van der Waals surface area contributed by atoms with Gasteiger partial charge in [0.15, 0.2) is 0 Å². The van der Waals surface area contributed by atoms with Crippen molar-refractivity contribution in [2.75, 3.05) is 34.3 Å². The van der Waals surface area contributed by atoms with Crippen molar-refractivity contribution in [3.8, 4) is 5.75 Å². The molecule has 1 atom stereocenters. The summed E-state index contributed by atoms with van der Waals surface area (Å²) in [6.07, 6.45) is 0. The molecule has 0 bridgehead atoms. The van der Waals surface area contributed by atoms with E-state index in [-0.39, 0.29) is 10.9 Å². The van der Waals surface area contributed by atoms with Gasteiger partial charge >= 0.3 is 0 Å². The van der Waals surface area contributed by atoms with Gasteiger partial charge in [-0.05, 0) is 49.9 Å². The Labute approximate surface area is 161 Å². The largest absolute Gasteiger partial charge is 0.492 e. The summed E-state index contributed by atoms with van der Waals surface area (Å²) in [6.45, 7) is 3.30. The quantitative estimate of drug-likeness (QED) is 0.683. The highest BCUT2D eigenvalue weighted by atomic mass is 35.5. The van der Waals surface area contributed by atoms with Crippen molar-refractivity contribution >= 4 is 21.6 Å². The minimum atomic E-state index is -3.42. The first kappa shape index (κ1) is 20.7. The lowest BCUT2D eigenvalue weighted by atomic mass is 10.1. The second kappa shape index (κ2) is 8.86. The van der Waals surface area contributed by atoms with Crippen molar-refractivity contribution in [3.63, 3.8) is 0 Å². The first-order valence-electron chi connectivity index (χ1n) is 8.33. The van der Waals surface area contributed by atoms with Crippen LogP contribution >= 0.6 is 11.6 Å². The van der Waals surface area contributed by atoms with Crippen molar-refractivity contribution in [3.05, 3.63) is 59.1 Å². The fourth-order valence-corrected chi connectivity index (χ4v) is 3.67. The third-order valence-corrected chi connectivity index (χ3v) is 6.51. The molecule has 0 N–H and O–H groups in total. The fourth-order valence-electron chi connectivity index (χ4n) is 2.47. The fraction of sp³-hybridized carbons (Fsp3) is 0.368. The second-order valence-corrected chi connectivity index (χ2v) is 8.84. The number of sulfonamides is 1. The third-order valence-electron chi connectivity index (χ3n) is 4.33. The molecule has 0 spiro atoms. The summed E-state index contributed by atoms with van der Waals surface area (Å²) in [5, 5.41) is 0.755. The van der Waals surface area contributed by atoms with E-state index in [1.165, 1.54) is 18.4 Å². The molecule has 0 amide bonds. The summed E-state index contributed by atoms with van der Waals surface area (Å²) in [5.41, 5.74) is 1.08. The molecule has 0 aromatic heterocycles. The predicted molar refractivity (Wildman–Crippen MR) is 105 cm³/mol. The third kappa shape index (κ3) is 4.98. The van der Waals surface area contributed by atoms with Gasteiger partial charge in [-0.3, -0.25) is 4.90 Å². The molecule has 0 fully saturated rings. The van der Waals surface area contributed by atoms with Gasteiger partial charge in [0.2, 0.25) is 10.0 Å². The van der Waals surface area contributed by atoms with Crippen LogP contribution in [-0.4, -0.2) is 51.9 Å². The lowest BCUT2D eigenvalue weighted by Gasteiger charge is -2.25. The van der Waals surface area contributed by atoms with Gasteiger partial charge < -0.3 is 4.74 Å². The van der Waals surface area contributed by atoms with Gasteiger partial charge in [-0.15, -0.1) is 0 Å². The Morgan fingerprint density at radius 2 is 1.65 bits per heavy atom. The van der Waals surface area contributed by atoms with Crippen LogP contribution in [0.4, 0.5) is 0 Å². The Morgan fingerprint density at radius 1 is 1.04 bits per heavy atom. The maximum Gasteiger partial charge on any atom is 0.242 e. The first-order valence-corrected chi connectivity index (χ1v) is 10.2. The zero-order valence-corrected chi connectivity index (χ0v) is 17.1. The number of hydrogen-bond donors (Lipinski definition) is 0. The van der Waals surface area contributed by atoms with E-state index in [1.807, 2.05) is 31.3 Å². The van der Waals surface area contributed by atoms with Crippen LogP contribution in [0.2, 0.25) is 5.02 Å². The van der Waals surface area contributed by atoms with Gasteiger partial charge in [-0.1, -0.05) is 29.8 Å². The minimum absolute atomic E-state index is 0.167. The molecule has 0 radical (unpaired) electrons. The lowest BCUT2D eigenvalue weighted by Crippen LogP contribution is -2.27. The van der Waals surface area contributed by atoms with Crippen LogP contribution in [0.15, 0.2) is 53.4 Å². The molecule has 2 aromatic rings. The summed E-state index contributed by atoms with van der Waals surface area (Å²) >= 11 is 6.26. The zero-order chi connectivity index (χ0) is 19.3. The highest BCUT2D eigenvalue weighted by Crippen LogP contribution is 2.26. The molecule has 0 heterocycles. The smallest absolute Gasteiger partial charge is 0.242 e. The van der Waals surface area contributed by atoms with Gasteiger partial charge in [0.25, 0.3) is 0 Å². The highest BCUT2D eigenvalue weighted by molar-refractivity contribution is 7.89. The van der Waals surface area contributed by atoms with E-state index in [0.29, 0.717) is 18.9 Å². The van der Waals surface area contributed by atoms with Gasteiger partial charge in [-0.25, -0.2) is 12.7 Å². The molecule has 0 saturated carbocycles. The number of halogens is 1. The number of hydrogen-bond acceptors (Lipinski definition) is 4. The lowest BCUT2D eigenvalue weighted by molar-refractivity contribution is 0.201. The van der Waals surface area contributed by atoms with Gasteiger partial charge in [-0.2, -0.15) is 0 Å². The van der Waals surface area contributed by atoms with Crippen molar-refractivity contribution in [1.29, 1.82) is 0 Å². The Morgan fingerprint density at radius 3 is 2.23 bits per heavy atom. The van der Waals surface area contributed by atoms with Crippen molar-refractivity contribution in [1.82, 2.24) is 9.21 Å². The minimum Gasteiger partial charge on any atom is -0.492 e. The molecule has 26 heavy (non-hydrogen) atoms. The topological polar surface area (TPSA) is 49.9 Å². The second-order valence-electron chi connectivity index (χ2n) is 6.29. The summed E-state index contributed by atoms with van der Waals surface area (Å²) in [6, 6.07) is 14.4. The monoisotopic (exact) mass is 396 g/mol. The van der Waals surface area contributed by atoms with Crippen molar-refractivity contribution in [2.45, 2.75) is 17.9 Å². The van der Waals surface area contributed by atoms with Gasteiger partial charge in [0, 0.05) is 31.7 Å². The Bertz CT molecular complexity index is 823. The van der Waals surface area contributed by atoms with E-state index in [1.54, 1.807) is 24.3 Å². The van der Waals surface area contributed by atoms with E-state index in [2.05, 4.69) is 11.8 Å². The molecule has 0 aliphatic heterocycles. The van der Waals surface area contributed by atoms with E-state index < -0.39 is 10.0 Å². The summed E-state index contributed by atoms with van der Waals surface area (Å²) in [5.74, 6) is 0.640. The highest BCUT2D eigenvalue weighted by Gasteiger charge is 2.17. The molecule has 0 saturated heterocycles. The average molecular weight is 397 g/mol. The number of nitrogens with zero attached hydrogens (tertiary/aromatic N) is 2. The molecule has 2 rings (SSSR count). The first-order chi connectivity index (χ1) is 12.2. The SMILES string of the molecule is CC(c1ccccc1Cl)N(C)CCOc1ccc(S(=O)(=O)N(C)C)cc1. The average Bonchev–Trinajstić information content (AvgIpc) is 2.61. The van der Waals surface area contributed by atoms with Crippen LogP contribution in [0.3, 0.4) is 0 Å². The van der Waals surface area contributed by atoms with Crippen LogP contribution in [-0.2, 0) is 10.0 Å². The molecule has 2 aromatic carbocycles. The van der Waals surface area contributed by atoms with Crippen molar-refractivity contribution in [2.24, 2.45) is 0 Å². The van der Waals surface area contributed by atoms with Crippen LogP contribution in [0, 0.1) is 0 Å². The Balaban J connectivity index is 1.90. The van der Waals surface area contributed by atoms with Crippen LogP contribution in [0.25, 0.3) is 0 Å². The van der Waals surface area contributed by atoms with E-state index >= 15 is 0 Å². The normalized spacial score (nSPS) is 13.2. The number of ether oxygens (including phenoxy) is 1. The number of likely N-dealkylation sites (N-methyl/N-ethyl adjacent to an activating group) is 1. The summed E-state index contributed by atoms with van der Waals surface area (Å²) in [4.78, 5) is 2.41. The van der Waals surface area contributed by atoms with Crippen molar-refractivity contribution < 1.29 is 13.2 Å².